The molecule has 0 fully saturated rings. The number of alkyl carbamates (subject to hydrolysis) is 1. The first-order valence-electron chi connectivity index (χ1n) is 7.14. The summed E-state index contributed by atoms with van der Waals surface area (Å²) >= 11 is 3.34. The van der Waals surface area contributed by atoms with Gasteiger partial charge >= 0.3 is 6.09 Å². The Balaban J connectivity index is 2.71. The predicted octanol–water partition coefficient (Wildman–Crippen LogP) is 3.94. The number of hydrogen-bond acceptors (Lipinski definition) is 3. The minimum absolute atomic E-state index is 0.0667. The van der Waals surface area contributed by atoms with E-state index in [9.17, 15) is 9.59 Å². The van der Waals surface area contributed by atoms with Crippen LogP contribution in [0.3, 0.4) is 0 Å². The molecule has 1 unspecified atom stereocenters. The van der Waals surface area contributed by atoms with Crippen molar-refractivity contribution in [2.75, 3.05) is 5.32 Å². The number of carbonyl (C=O) groups is 2. The summed E-state index contributed by atoms with van der Waals surface area (Å²) in [6, 6.07) is 6.57. The highest BCUT2D eigenvalue weighted by atomic mass is 79.9. The lowest BCUT2D eigenvalue weighted by molar-refractivity contribution is -0.119. The maximum absolute atomic E-state index is 12.3. The third-order valence-corrected chi connectivity index (χ3v) is 3.26. The van der Waals surface area contributed by atoms with Crippen molar-refractivity contribution < 1.29 is 14.3 Å². The van der Waals surface area contributed by atoms with Crippen LogP contribution in [0.1, 0.15) is 34.6 Å². The van der Waals surface area contributed by atoms with Crippen LogP contribution in [0, 0.1) is 5.92 Å². The van der Waals surface area contributed by atoms with Crippen molar-refractivity contribution in [1.82, 2.24) is 5.32 Å². The van der Waals surface area contributed by atoms with Crippen LogP contribution >= 0.6 is 15.9 Å². The Morgan fingerprint density at radius 2 is 1.68 bits per heavy atom. The van der Waals surface area contributed by atoms with Crippen LogP contribution in [0.15, 0.2) is 28.7 Å². The lowest BCUT2D eigenvalue weighted by Crippen LogP contribution is -2.48. The first-order valence-corrected chi connectivity index (χ1v) is 7.94. The van der Waals surface area contributed by atoms with Crippen LogP contribution in [0.5, 0.6) is 0 Å². The third kappa shape index (κ3) is 6.47. The van der Waals surface area contributed by atoms with E-state index >= 15 is 0 Å². The van der Waals surface area contributed by atoms with Crippen molar-refractivity contribution in [3.8, 4) is 0 Å². The van der Waals surface area contributed by atoms with Gasteiger partial charge in [0.05, 0.1) is 0 Å². The second-order valence-corrected chi connectivity index (χ2v) is 7.28. The molecule has 0 aliphatic carbocycles. The maximum atomic E-state index is 12.3. The average Bonchev–Trinajstić information content (AvgIpc) is 2.36. The van der Waals surface area contributed by atoms with Gasteiger partial charge < -0.3 is 15.4 Å². The number of halogens is 1. The zero-order chi connectivity index (χ0) is 16.9. The molecule has 2 amide bonds. The number of benzene rings is 1. The molecule has 0 heterocycles. The molecule has 0 bridgehead atoms. The number of ether oxygens (including phenoxy) is 1. The average molecular weight is 371 g/mol. The second kappa shape index (κ2) is 7.63. The fraction of sp³-hybridized carbons (Fsp3) is 0.500. The van der Waals surface area contributed by atoms with Gasteiger partial charge in [-0.25, -0.2) is 4.79 Å². The van der Waals surface area contributed by atoms with E-state index in [1.807, 2.05) is 26.0 Å². The fourth-order valence-corrected chi connectivity index (χ4v) is 1.99. The van der Waals surface area contributed by atoms with Gasteiger partial charge in [0, 0.05) is 10.2 Å². The molecule has 0 radical (unpaired) electrons. The van der Waals surface area contributed by atoms with Crippen LogP contribution in [-0.4, -0.2) is 23.6 Å². The largest absolute Gasteiger partial charge is 0.444 e. The van der Waals surface area contributed by atoms with E-state index in [1.165, 1.54) is 0 Å². The van der Waals surface area contributed by atoms with Gasteiger partial charge in [-0.3, -0.25) is 4.79 Å². The topological polar surface area (TPSA) is 67.4 Å². The van der Waals surface area contributed by atoms with Gasteiger partial charge in [0.15, 0.2) is 0 Å². The van der Waals surface area contributed by atoms with Crippen LogP contribution in [0.4, 0.5) is 10.5 Å². The predicted molar refractivity (Wildman–Crippen MR) is 90.8 cm³/mol. The molecule has 0 spiro atoms. The van der Waals surface area contributed by atoms with E-state index in [0.717, 1.165) is 4.47 Å². The Kier molecular flexibility index (Phi) is 6.41. The summed E-state index contributed by atoms with van der Waals surface area (Å²) in [7, 11) is 0. The molecule has 0 saturated carbocycles. The van der Waals surface area contributed by atoms with Gasteiger partial charge in [0.2, 0.25) is 5.91 Å². The minimum atomic E-state index is -0.668. The molecule has 6 heteroatoms. The number of anilines is 1. The Hall–Kier alpha value is -1.56. The summed E-state index contributed by atoms with van der Waals surface area (Å²) in [6.45, 7) is 9.06. The molecular formula is C16H23BrN2O3. The van der Waals surface area contributed by atoms with E-state index in [-0.39, 0.29) is 11.8 Å². The van der Waals surface area contributed by atoms with Crippen molar-refractivity contribution in [3.05, 3.63) is 28.7 Å². The van der Waals surface area contributed by atoms with E-state index in [2.05, 4.69) is 26.6 Å². The summed E-state index contributed by atoms with van der Waals surface area (Å²) in [6.07, 6.45) is -0.600. The number of amides is 2. The molecule has 0 saturated heterocycles. The van der Waals surface area contributed by atoms with Gasteiger partial charge in [-0.05, 0) is 51.0 Å². The molecular weight excluding hydrogens is 348 g/mol. The van der Waals surface area contributed by atoms with Crippen LogP contribution < -0.4 is 10.6 Å². The second-order valence-electron chi connectivity index (χ2n) is 6.36. The highest BCUT2D eigenvalue weighted by Gasteiger charge is 2.26. The van der Waals surface area contributed by atoms with Crippen LogP contribution in [-0.2, 0) is 9.53 Å². The Morgan fingerprint density at radius 3 is 2.14 bits per heavy atom. The Bertz CT molecular complexity index is 521. The first-order chi connectivity index (χ1) is 10.1. The van der Waals surface area contributed by atoms with Gasteiger partial charge in [-0.2, -0.15) is 0 Å². The summed E-state index contributed by atoms with van der Waals surface area (Å²) < 4.78 is 6.13. The standard InChI is InChI=1S/C16H23BrN2O3/c1-10(2)13(19-15(21)22-16(3,4)5)14(20)18-12-8-6-11(17)7-9-12/h6-10,13H,1-5H3,(H,18,20)(H,19,21). The maximum Gasteiger partial charge on any atom is 0.408 e. The van der Waals surface area contributed by atoms with Crippen molar-refractivity contribution in [1.29, 1.82) is 0 Å². The lowest BCUT2D eigenvalue weighted by Gasteiger charge is -2.25. The van der Waals surface area contributed by atoms with Gasteiger partial charge in [-0.1, -0.05) is 29.8 Å². The molecule has 1 aromatic rings. The molecule has 122 valence electrons. The lowest BCUT2D eigenvalue weighted by atomic mass is 10.0. The molecule has 5 nitrogen and oxygen atoms in total. The van der Waals surface area contributed by atoms with E-state index in [4.69, 9.17) is 4.74 Å². The Labute approximate surface area is 139 Å². The van der Waals surface area contributed by atoms with Gasteiger partial charge in [0.1, 0.15) is 11.6 Å². The van der Waals surface area contributed by atoms with Gasteiger partial charge in [0.25, 0.3) is 0 Å². The SMILES string of the molecule is CC(C)C(NC(=O)OC(C)(C)C)C(=O)Nc1ccc(Br)cc1. The van der Waals surface area contributed by atoms with Crippen molar-refractivity contribution >= 4 is 33.6 Å². The number of carbonyl (C=O) groups excluding carboxylic acids is 2. The molecule has 0 aliphatic rings. The molecule has 0 aliphatic heterocycles. The van der Waals surface area contributed by atoms with E-state index in [0.29, 0.717) is 5.69 Å². The zero-order valence-electron chi connectivity index (χ0n) is 13.6. The quantitative estimate of drug-likeness (QED) is 0.843. The molecule has 0 aromatic heterocycles. The normalized spacial score (nSPS) is 12.7. The van der Waals surface area contributed by atoms with Crippen molar-refractivity contribution in [2.45, 2.75) is 46.3 Å². The van der Waals surface area contributed by atoms with E-state index < -0.39 is 17.7 Å². The summed E-state index contributed by atoms with van der Waals surface area (Å²) in [5.41, 5.74) is 0.0678. The summed E-state index contributed by atoms with van der Waals surface area (Å²) in [5, 5.41) is 5.41. The molecule has 22 heavy (non-hydrogen) atoms. The van der Waals surface area contributed by atoms with Crippen LogP contribution in [0.25, 0.3) is 0 Å². The summed E-state index contributed by atoms with van der Waals surface area (Å²) in [5.74, 6) is -0.342. The molecule has 1 atom stereocenters. The first kappa shape index (κ1) is 18.5. The highest BCUT2D eigenvalue weighted by molar-refractivity contribution is 9.10. The summed E-state index contributed by atoms with van der Waals surface area (Å²) in [4.78, 5) is 24.2. The zero-order valence-corrected chi connectivity index (χ0v) is 15.2. The molecule has 2 N–H and O–H groups in total. The highest BCUT2D eigenvalue weighted by Crippen LogP contribution is 2.15. The monoisotopic (exact) mass is 370 g/mol. The molecule has 1 aromatic carbocycles. The van der Waals surface area contributed by atoms with E-state index in [1.54, 1.807) is 32.9 Å². The third-order valence-electron chi connectivity index (χ3n) is 2.73. The number of rotatable bonds is 4. The van der Waals surface area contributed by atoms with Crippen molar-refractivity contribution in [3.63, 3.8) is 0 Å². The van der Waals surface area contributed by atoms with Crippen LogP contribution in [0.2, 0.25) is 0 Å². The van der Waals surface area contributed by atoms with Crippen molar-refractivity contribution in [2.24, 2.45) is 5.92 Å². The smallest absolute Gasteiger partial charge is 0.408 e. The van der Waals surface area contributed by atoms with Gasteiger partial charge in [-0.15, -0.1) is 0 Å². The fourth-order valence-electron chi connectivity index (χ4n) is 1.72. The number of nitrogens with one attached hydrogen (secondary N) is 2. The minimum Gasteiger partial charge on any atom is -0.444 e. The molecule has 1 rings (SSSR count). The number of hydrogen-bond donors (Lipinski definition) is 2. The Morgan fingerprint density at radius 1 is 1.14 bits per heavy atom.